The molecule has 2 aromatic carbocycles. The third-order valence-electron chi connectivity index (χ3n) is 2.75. The maximum atomic E-state index is 12.9. The van der Waals surface area contributed by atoms with Gasteiger partial charge in [-0.2, -0.15) is 13.2 Å². The van der Waals surface area contributed by atoms with E-state index in [2.05, 4.69) is 5.32 Å². The van der Waals surface area contributed by atoms with Gasteiger partial charge in [-0.1, -0.05) is 12.1 Å². The molecule has 0 bridgehead atoms. The number of alkyl halides is 3. The molecule has 106 valence electrons. The second-order valence-corrected chi connectivity index (χ2v) is 4.28. The van der Waals surface area contributed by atoms with E-state index < -0.39 is 17.6 Å². The Balaban J connectivity index is 2.19. The van der Waals surface area contributed by atoms with Crippen molar-refractivity contribution in [3.8, 4) is 0 Å². The van der Waals surface area contributed by atoms with Crippen LogP contribution < -0.4 is 11.1 Å². The lowest BCUT2D eigenvalue weighted by molar-refractivity contribution is -0.136. The number of anilines is 2. The predicted molar refractivity (Wildman–Crippen MR) is 69.6 cm³/mol. The van der Waals surface area contributed by atoms with Gasteiger partial charge < -0.3 is 11.1 Å². The average molecular weight is 284 g/mol. The summed E-state index contributed by atoms with van der Waals surface area (Å²) >= 11 is 0. The third kappa shape index (κ3) is 3.40. The van der Waals surface area contributed by atoms with Gasteiger partial charge in [0.15, 0.2) is 0 Å². The standard InChI is InChI=1S/C14H12F4N2/c15-10-3-1-9(2-4-10)8-20-13-6-5-11(19)7-12(13)14(16,17)18/h1-7,20H,8,19H2. The Bertz CT molecular complexity index is 591. The van der Waals surface area contributed by atoms with Crippen molar-refractivity contribution in [2.75, 3.05) is 11.1 Å². The second kappa shape index (κ2) is 5.40. The van der Waals surface area contributed by atoms with Gasteiger partial charge in [0.1, 0.15) is 5.82 Å². The Hall–Kier alpha value is -2.24. The van der Waals surface area contributed by atoms with E-state index in [9.17, 15) is 17.6 Å². The molecular weight excluding hydrogens is 272 g/mol. The van der Waals surface area contributed by atoms with Crippen LogP contribution in [-0.4, -0.2) is 0 Å². The minimum Gasteiger partial charge on any atom is -0.399 e. The number of halogens is 4. The van der Waals surface area contributed by atoms with E-state index in [0.29, 0.717) is 5.56 Å². The predicted octanol–water partition coefficient (Wildman–Crippen LogP) is 4.04. The number of nitrogens with one attached hydrogen (secondary N) is 1. The van der Waals surface area contributed by atoms with Crippen molar-refractivity contribution in [2.45, 2.75) is 12.7 Å². The van der Waals surface area contributed by atoms with Gasteiger partial charge in [0.2, 0.25) is 0 Å². The summed E-state index contributed by atoms with van der Waals surface area (Å²) in [5.41, 5.74) is 5.22. The van der Waals surface area contributed by atoms with Crippen LogP contribution in [0.3, 0.4) is 0 Å². The molecule has 0 atom stereocenters. The first-order valence-corrected chi connectivity index (χ1v) is 5.81. The maximum absolute atomic E-state index is 12.9. The minimum atomic E-state index is -4.49. The van der Waals surface area contributed by atoms with Crippen LogP contribution in [0, 0.1) is 5.82 Å². The van der Waals surface area contributed by atoms with Crippen molar-refractivity contribution in [3.63, 3.8) is 0 Å². The van der Waals surface area contributed by atoms with E-state index in [4.69, 9.17) is 5.73 Å². The van der Waals surface area contributed by atoms with Gasteiger partial charge in [-0.3, -0.25) is 0 Å². The van der Waals surface area contributed by atoms with Gasteiger partial charge in [0.05, 0.1) is 5.56 Å². The molecule has 0 fully saturated rings. The molecule has 0 aliphatic rings. The molecule has 2 rings (SSSR count). The van der Waals surface area contributed by atoms with Crippen LogP contribution in [0.4, 0.5) is 28.9 Å². The molecule has 0 spiro atoms. The normalized spacial score (nSPS) is 11.4. The number of hydrogen-bond donors (Lipinski definition) is 2. The van der Waals surface area contributed by atoms with Gasteiger partial charge >= 0.3 is 6.18 Å². The molecule has 2 aromatic rings. The number of hydrogen-bond acceptors (Lipinski definition) is 2. The van der Waals surface area contributed by atoms with Crippen molar-refractivity contribution in [1.29, 1.82) is 0 Å². The first-order valence-electron chi connectivity index (χ1n) is 5.81. The van der Waals surface area contributed by atoms with E-state index in [-0.39, 0.29) is 17.9 Å². The highest BCUT2D eigenvalue weighted by atomic mass is 19.4. The SMILES string of the molecule is Nc1ccc(NCc2ccc(F)cc2)c(C(F)(F)F)c1. The van der Waals surface area contributed by atoms with Gasteiger partial charge in [-0.25, -0.2) is 4.39 Å². The fourth-order valence-electron chi connectivity index (χ4n) is 1.75. The lowest BCUT2D eigenvalue weighted by Gasteiger charge is -2.15. The quantitative estimate of drug-likeness (QED) is 0.659. The zero-order valence-electron chi connectivity index (χ0n) is 10.3. The van der Waals surface area contributed by atoms with E-state index in [1.165, 1.54) is 36.4 Å². The highest BCUT2D eigenvalue weighted by Gasteiger charge is 2.33. The van der Waals surface area contributed by atoms with Crippen LogP contribution in [0.2, 0.25) is 0 Å². The molecule has 0 amide bonds. The number of benzene rings is 2. The molecule has 0 aliphatic carbocycles. The molecule has 0 saturated carbocycles. The van der Waals surface area contributed by atoms with Crippen LogP contribution >= 0.6 is 0 Å². The summed E-state index contributed by atoms with van der Waals surface area (Å²) in [6.45, 7) is 0.160. The Morgan fingerprint density at radius 2 is 1.65 bits per heavy atom. The van der Waals surface area contributed by atoms with Crippen molar-refractivity contribution in [3.05, 3.63) is 59.4 Å². The number of rotatable bonds is 3. The van der Waals surface area contributed by atoms with Crippen LogP contribution in [0.25, 0.3) is 0 Å². The lowest BCUT2D eigenvalue weighted by atomic mass is 10.1. The first kappa shape index (κ1) is 14.2. The molecule has 0 aliphatic heterocycles. The maximum Gasteiger partial charge on any atom is 0.418 e. The summed E-state index contributed by atoms with van der Waals surface area (Å²) < 4.78 is 51.3. The van der Waals surface area contributed by atoms with E-state index >= 15 is 0 Å². The zero-order chi connectivity index (χ0) is 14.8. The summed E-state index contributed by atoms with van der Waals surface area (Å²) in [5.74, 6) is -0.391. The molecular formula is C14H12F4N2. The largest absolute Gasteiger partial charge is 0.418 e. The molecule has 0 unspecified atom stereocenters. The van der Waals surface area contributed by atoms with Crippen LogP contribution in [0.5, 0.6) is 0 Å². The van der Waals surface area contributed by atoms with Gasteiger partial charge in [0.25, 0.3) is 0 Å². The Morgan fingerprint density at radius 3 is 2.25 bits per heavy atom. The fraction of sp³-hybridized carbons (Fsp3) is 0.143. The molecule has 0 heterocycles. The van der Waals surface area contributed by atoms with Crippen LogP contribution in [0.1, 0.15) is 11.1 Å². The molecule has 0 radical (unpaired) electrons. The molecule has 6 heteroatoms. The van der Waals surface area contributed by atoms with Gasteiger partial charge in [-0.05, 0) is 35.9 Å². The summed E-state index contributed by atoms with van der Waals surface area (Å²) in [4.78, 5) is 0. The highest BCUT2D eigenvalue weighted by molar-refractivity contribution is 5.59. The topological polar surface area (TPSA) is 38.0 Å². The smallest absolute Gasteiger partial charge is 0.399 e. The molecule has 0 aromatic heterocycles. The van der Waals surface area contributed by atoms with Gasteiger partial charge in [0, 0.05) is 17.9 Å². The summed E-state index contributed by atoms with van der Waals surface area (Å²) in [7, 11) is 0. The monoisotopic (exact) mass is 284 g/mol. The van der Waals surface area contributed by atoms with Gasteiger partial charge in [-0.15, -0.1) is 0 Å². The van der Waals surface area contributed by atoms with E-state index in [1.807, 2.05) is 0 Å². The fourth-order valence-corrected chi connectivity index (χ4v) is 1.75. The second-order valence-electron chi connectivity index (χ2n) is 4.28. The van der Waals surface area contributed by atoms with Crippen molar-refractivity contribution >= 4 is 11.4 Å². The van der Waals surface area contributed by atoms with Crippen LogP contribution in [0.15, 0.2) is 42.5 Å². The minimum absolute atomic E-state index is 0.0460. The molecule has 0 saturated heterocycles. The average Bonchev–Trinajstić information content (AvgIpc) is 2.38. The Kier molecular flexibility index (Phi) is 3.83. The summed E-state index contributed by atoms with van der Waals surface area (Å²) in [6, 6.07) is 9.08. The Morgan fingerprint density at radius 1 is 1.00 bits per heavy atom. The van der Waals surface area contributed by atoms with Crippen molar-refractivity contribution < 1.29 is 17.6 Å². The highest BCUT2D eigenvalue weighted by Crippen LogP contribution is 2.36. The van der Waals surface area contributed by atoms with E-state index in [0.717, 1.165) is 6.07 Å². The third-order valence-corrected chi connectivity index (χ3v) is 2.75. The molecule has 2 nitrogen and oxygen atoms in total. The van der Waals surface area contributed by atoms with E-state index in [1.54, 1.807) is 0 Å². The summed E-state index contributed by atoms with van der Waals surface area (Å²) in [5, 5.41) is 2.68. The van der Waals surface area contributed by atoms with Crippen LogP contribution in [-0.2, 0) is 12.7 Å². The Labute approximate surface area is 113 Å². The first-order chi connectivity index (χ1) is 9.36. The number of nitrogens with two attached hydrogens (primary N) is 1. The van der Waals surface area contributed by atoms with Crippen molar-refractivity contribution in [1.82, 2.24) is 0 Å². The zero-order valence-corrected chi connectivity index (χ0v) is 10.3. The molecule has 20 heavy (non-hydrogen) atoms. The number of nitrogen functional groups attached to an aromatic ring is 1. The summed E-state index contributed by atoms with van der Waals surface area (Å²) in [6.07, 6.45) is -4.49. The molecule has 3 N–H and O–H groups in total. The van der Waals surface area contributed by atoms with Crippen molar-refractivity contribution in [2.24, 2.45) is 0 Å². The lowest BCUT2D eigenvalue weighted by Crippen LogP contribution is -2.11.